The van der Waals surface area contributed by atoms with Crippen molar-refractivity contribution in [2.45, 2.75) is 70.1 Å². The highest BCUT2D eigenvalue weighted by molar-refractivity contribution is 8.00. The number of hydrogen-bond acceptors (Lipinski definition) is 16. The van der Waals surface area contributed by atoms with Gasteiger partial charge in [-0.05, 0) is 54.4 Å². The van der Waals surface area contributed by atoms with Crippen LogP contribution in [-0.4, -0.2) is 141 Å². The van der Waals surface area contributed by atoms with Crippen LogP contribution in [0.5, 0.6) is 23.0 Å². The number of hydrogen-bond donors (Lipinski definition) is 2. The van der Waals surface area contributed by atoms with Gasteiger partial charge in [0.05, 0.1) is 49.4 Å². The van der Waals surface area contributed by atoms with E-state index in [1.54, 1.807) is 58.9 Å². The van der Waals surface area contributed by atoms with Crippen LogP contribution in [-0.2, 0) is 46.5 Å². The molecule has 5 aliphatic rings. The van der Waals surface area contributed by atoms with Crippen LogP contribution in [0.3, 0.4) is 0 Å². The third-order valence-electron chi connectivity index (χ3n) is 13.5. The minimum Gasteiger partial charge on any atom is -0.541 e. The molecule has 2 bridgehead atoms. The molecule has 1 aromatic heterocycles. The number of nitrogens with one attached hydrogen (secondary N) is 1. The molecule has 9 rings (SSSR count). The molecule has 0 aliphatic carbocycles. The molecule has 24 heteroatoms. The molecule has 2 amide bonds. The van der Waals surface area contributed by atoms with E-state index in [0.29, 0.717) is 35.2 Å². The second-order valence-corrected chi connectivity index (χ2v) is 21.5. The third kappa shape index (κ3) is 12.8. The average Bonchev–Trinajstić information content (AvgIpc) is 3.85. The first-order valence-electron chi connectivity index (χ1n) is 23.4. The zero-order chi connectivity index (χ0) is 53.3. The van der Waals surface area contributed by atoms with E-state index in [2.05, 4.69) is 24.8 Å². The van der Waals surface area contributed by atoms with Crippen LogP contribution < -0.4 is 24.3 Å². The smallest absolute Gasteiger partial charge is 0.378 e. The van der Waals surface area contributed by atoms with Crippen molar-refractivity contribution in [3.8, 4) is 23.0 Å². The van der Waals surface area contributed by atoms with Gasteiger partial charge in [-0.15, -0.1) is 34.7 Å². The van der Waals surface area contributed by atoms with E-state index in [1.807, 2.05) is 48.5 Å². The van der Waals surface area contributed by atoms with Crippen LogP contribution in [0.2, 0.25) is 5.02 Å². The fourth-order valence-electron chi connectivity index (χ4n) is 9.08. The lowest BCUT2D eigenvalue weighted by Gasteiger charge is -2.56. The number of benzene rings is 3. The number of oxime groups is 1. The molecule has 4 aromatic rings. The van der Waals surface area contributed by atoms with E-state index in [9.17, 15) is 24.0 Å². The number of halogens is 2. The standard InChI is InChI=1S/C39H40BCl2N3O8S.C11H13BN2O5S/c1-49-27-7-3-24(4-8-27)20-51-30-12-11-29(31(41)34(30)52-21-25-5-9-28(50-2)10-6-25)35(46)43-23-39-13-16-45(17-14-39,18-15-39)19-26-22-54-37-32(42)36(47)44(37)33(26)38(48)53-40;1-5(2)9(11(17)18-12)19-14-8(10(15)16)7-4-20-6(3)13-7/h3-12,32,37H,13-23H2,1-2H3;4-5,9H,1-3H3,(H,15,16)/p+1/b;14-8+/t32-,37-,39?,45?;9-/m10/s1. The second-order valence-electron chi connectivity index (χ2n) is 18.5. The van der Waals surface area contributed by atoms with Gasteiger partial charge in [0.1, 0.15) is 53.4 Å². The number of nitrogens with zero attached hydrogens (tertiary/aromatic N) is 4. The Hall–Kier alpha value is -5.93. The van der Waals surface area contributed by atoms with Crippen LogP contribution in [0, 0.1) is 18.3 Å². The normalized spacial score (nSPS) is 21.3. The summed E-state index contributed by atoms with van der Waals surface area (Å²) in [4.78, 5) is 72.0. The molecule has 74 heavy (non-hydrogen) atoms. The molecule has 0 unspecified atom stereocenters. The number of aromatic nitrogens is 1. The number of piperidine rings is 3. The molecular formula is C50H54B2Cl2N5O13S2+. The number of carboxylic acids is 1. The minimum absolute atomic E-state index is 0.0592. The van der Waals surface area contributed by atoms with Gasteiger partial charge in [0, 0.05) is 53.8 Å². The summed E-state index contributed by atoms with van der Waals surface area (Å²) in [5.41, 5.74) is 2.94. The van der Waals surface area contributed by atoms with Crippen LogP contribution in [0.15, 0.2) is 82.5 Å². The molecule has 4 radical (unpaired) electrons. The molecule has 0 spiro atoms. The number of quaternary nitrogens is 1. The van der Waals surface area contributed by atoms with E-state index in [-0.39, 0.29) is 69.6 Å². The number of rotatable bonds is 20. The Labute approximate surface area is 449 Å². The number of carbonyl (C=O) groups excluding carboxylic acids is 4. The second kappa shape index (κ2) is 24.6. The van der Waals surface area contributed by atoms with Gasteiger partial charge in [0.25, 0.3) is 5.91 Å². The molecule has 3 aromatic carbocycles. The highest BCUT2D eigenvalue weighted by Crippen LogP contribution is 2.48. The monoisotopic (exact) mass is 1090 g/mol. The maximum absolute atomic E-state index is 13.8. The van der Waals surface area contributed by atoms with Gasteiger partial charge in [-0.1, -0.05) is 54.9 Å². The number of ether oxygens (including phenoxy) is 4. The first kappa shape index (κ1) is 55.8. The molecular weight excluding hydrogens is 1040 g/mol. The van der Waals surface area contributed by atoms with Crippen LogP contribution >= 0.6 is 46.3 Å². The molecule has 5 aliphatic heterocycles. The fourth-order valence-corrected chi connectivity index (χ4v) is 11.6. The maximum atomic E-state index is 13.8. The molecule has 388 valence electrons. The minimum atomic E-state index is -1.31. The SMILES string of the molecule is [B]OC(=O)C1=C(C[N+]23CCC(CNC(=O)c4ccc(OCc5ccc(OC)cc5)c(OCc5ccc(OC)cc5)c4Cl)(CC2)CC3)CS[C@@H]2[C@H](Cl)C(=O)N12.[B]OC(=O)[C@@H](O/N=C(/C(=O)O)c1csc(C)n1)C(C)C. The predicted octanol–water partition coefficient (Wildman–Crippen LogP) is 6.56. The number of carbonyl (C=O) groups is 5. The quantitative estimate of drug-likeness (QED) is 0.0240. The number of thiazole rings is 1. The number of fused-ring (bicyclic) bond motifs is 4. The number of carboxylic acid groups (broad SMARTS) is 1. The van der Waals surface area contributed by atoms with Gasteiger partial charge < -0.3 is 48.0 Å². The number of aryl methyl sites for hydroxylation is 1. The number of β-lactam (4-membered cyclic amide) rings is 1. The van der Waals surface area contributed by atoms with Crippen molar-refractivity contribution in [1.82, 2.24) is 15.2 Å². The highest BCUT2D eigenvalue weighted by atomic mass is 35.5. The Morgan fingerprint density at radius 1 is 0.932 bits per heavy atom. The summed E-state index contributed by atoms with van der Waals surface area (Å²) >= 11 is 16.0. The van der Waals surface area contributed by atoms with Gasteiger partial charge in [-0.25, -0.2) is 19.4 Å². The maximum Gasteiger partial charge on any atom is 0.378 e. The molecule has 4 saturated heterocycles. The predicted molar refractivity (Wildman–Crippen MR) is 279 cm³/mol. The van der Waals surface area contributed by atoms with E-state index in [0.717, 1.165) is 71.6 Å². The van der Waals surface area contributed by atoms with Crippen molar-refractivity contribution >= 4 is 97.8 Å². The van der Waals surface area contributed by atoms with E-state index >= 15 is 0 Å². The average molecular weight is 1090 g/mol. The molecule has 2 N–H and O–H groups in total. The van der Waals surface area contributed by atoms with Crippen molar-refractivity contribution < 1.29 is 66.7 Å². The summed E-state index contributed by atoms with van der Waals surface area (Å²) in [6, 6.07) is 18.5. The topological polar surface area (TPSA) is 211 Å². The van der Waals surface area contributed by atoms with Gasteiger partial charge in [0.15, 0.2) is 11.5 Å². The third-order valence-corrected chi connectivity index (χ3v) is 16.5. The van der Waals surface area contributed by atoms with Gasteiger partial charge >= 0.3 is 34.0 Å². The van der Waals surface area contributed by atoms with Crippen LogP contribution in [0.25, 0.3) is 0 Å². The number of amides is 2. The highest BCUT2D eigenvalue weighted by Gasteiger charge is 2.55. The molecule has 3 atom stereocenters. The zero-order valence-corrected chi connectivity index (χ0v) is 44.4. The van der Waals surface area contributed by atoms with E-state index in [1.165, 1.54) is 21.6 Å². The zero-order valence-electron chi connectivity index (χ0n) is 41.3. The van der Waals surface area contributed by atoms with Gasteiger partial charge in [-0.2, -0.15) is 0 Å². The number of methoxy groups -OCH3 is 2. The summed E-state index contributed by atoms with van der Waals surface area (Å²) < 4.78 is 32.5. The lowest BCUT2D eigenvalue weighted by Crippen LogP contribution is -2.66. The van der Waals surface area contributed by atoms with Gasteiger partial charge in [-0.3, -0.25) is 14.5 Å². The van der Waals surface area contributed by atoms with Crippen molar-refractivity contribution in [1.29, 1.82) is 0 Å². The van der Waals surface area contributed by atoms with Crippen LogP contribution in [0.1, 0.15) is 65.3 Å². The fraction of sp³-hybridized carbons (Fsp3) is 0.420. The Kier molecular flexibility index (Phi) is 18.6. The molecule has 0 saturated carbocycles. The lowest BCUT2D eigenvalue weighted by atomic mass is 9.70. The number of thioether (sulfide) groups is 1. The van der Waals surface area contributed by atoms with Gasteiger partial charge in [0.2, 0.25) is 17.7 Å². The summed E-state index contributed by atoms with van der Waals surface area (Å²) in [6.07, 6.45) is 1.62. The van der Waals surface area contributed by atoms with Crippen molar-refractivity contribution in [2.24, 2.45) is 16.5 Å². The summed E-state index contributed by atoms with van der Waals surface area (Å²) in [5, 5.41) is 17.2. The van der Waals surface area contributed by atoms with Crippen LogP contribution in [0.4, 0.5) is 0 Å². The largest absolute Gasteiger partial charge is 0.541 e. The van der Waals surface area contributed by atoms with Crippen molar-refractivity contribution in [3.05, 3.63) is 110 Å². The first-order valence-corrected chi connectivity index (χ1v) is 26.2. The summed E-state index contributed by atoms with van der Waals surface area (Å²) in [5.74, 6) is -0.962. The number of alkyl halides is 1. The van der Waals surface area contributed by atoms with Crippen molar-refractivity contribution in [2.75, 3.05) is 52.7 Å². The van der Waals surface area contributed by atoms with E-state index < -0.39 is 29.4 Å². The Morgan fingerprint density at radius 3 is 2.07 bits per heavy atom. The lowest BCUT2D eigenvalue weighted by molar-refractivity contribution is -0.941. The Balaban J connectivity index is 0.000000337. The molecule has 4 fully saturated rings. The van der Waals surface area contributed by atoms with Crippen molar-refractivity contribution in [3.63, 3.8) is 0 Å². The molecule has 18 nitrogen and oxygen atoms in total. The number of aliphatic carboxylic acids is 1. The Morgan fingerprint density at radius 2 is 1.54 bits per heavy atom. The summed E-state index contributed by atoms with van der Waals surface area (Å²) in [7, 11) is 13.3. The molecule has 6 heterocycles. The Bertz CT molecular complexity index is 2760. The summed E-state index contributed by atoms with van der Waals surface area (Å²) in [6.45, 7) is 9.34. The van der Waals surface area contributed by atoms with E-state index in [4.69, 9.17) is 68.2 Å². The first-order chi connectivity index (χ1) is 35.4.